The first-order valence-corrected chi connectivity index (χ1v) is 10.9. The van der Waals surface area contributed by atoms with Gasteiger partial charge < -0.3 is 23.8 Å². The smallest absolute Gasteiger partial charge is 0.254 e. The van der Waals surface area contributed by atoms with Crippen LogP contribution >= 0.6 is 0 Å². The van der Waals surface area contributed by atoms with Crippen LogP contribution in [0.25, 0.3) is 10.9 Å². The van der Waals surface area contributed by atoms with E-state index in [4.69, 9.17) is 13.9 Å². The molecule has 1 N–H and O–H groups in total. The van der Waals surface area contributed by atoms with Crippen LogP contribution in [0.5, 0.6) is 11.5 Å². The van der Waals surface area contributed by atoms with Crippen molar-refractivity contribution in [3.63, 3.8) is 0 Å². The van der Waals surface area contributed by atoms with E-state index >= 15 is 0 Å². The third kappa shape index (κ3) is 5.46. The number of pyridine rings is 1. The summed E-state index contributed by atoms with van der Waals surface area (Å²) >= 11 is 0. The minimum atomic E-state index is 0.00821. The fourth-order valence-electron chi connectivity index (χ4n) is 3.65. The predicted molar refractivity (Wildman–Crippen MR) is 125 cm³/mol. The van der Waals surface area contributed by atoms with Crippen LogP contribution < -0.4 is 15.6 Å². The van der Waals surface area contributed by atoms with Crippen molar-refractivity contribution in [1.29, 1.82) is 0 Å². The van der Waals surface area contributed by atoms with E-state index in [-0.39, 0.29) is 5.56 Å². The maximum atomic E-state index is 13.3. The average Bonchev–Trinajstić information content (AvgIpc) is 3.33. The minimum absolute atomic E-state index is 0.00821. The Morgan fingerprint density at radius 2 is 1.88 bits per heavy atom. The summed E-state index contributed by atoms with van der Waals surface area (Å²) in [5, 5.41) is 4.34. The molecule has 166 valence electrons. The maximum Gasteiger partial charge on any atom is 0.254 e. The Kier molecular flexibility index (Phi) is 7.38. The number of hydrogen-bond acceptors (Lipinski definition) is 5. The van der Waals surface area contributed by atoms with E-state index in [9.17, 15) is 4.79 Å². The first-order valence-electron chi connectivity index (χ1n) is 10.9. The van der Waals surface area contributed by atoms with Gasteiger partial charge in [-0.25, -0.2) is 0 Å². The molecule has 6 nitrogen and oxygen atoms in total. The lowest BCUT2D eigenvalue weighted by Gasteiger charge is -2.15. The standard InChI is InChI=1S/C26H28N2O4/c1-2-30-16-14-28-25-18-23(32-22-7-4-3-5-8-22)11-10-20(25)17-21(26(28)29)12-13-27-19-24-9-6-15-31-24/h3-11,15,17-18,27H,2,12-14,16,19H2,1H3. The third-order valence-electron chi connectivity index (χ3n) is 5.23. The van der Waals surface area contributed by atoms with Gasteiger partial charge in [0.2, 0.25) is 0 Å². The SMILES string of the molecule is CCOCCn1c(=O)c(CCNCc2ccco2)cc2ccc(Oc3ccccc3)cc21. The highest BCUT2D eigenvalue weighted by atomic mass is 16.5. The van der Waals surface area contributed by atoms with Gasteiger partial charge in [-0.1, -0.05) is 18.2 Å². The molecule has 32 heavy (non-hydrogen) atoms. The van der Waals surface area contributed by atoms with Crippen molar-refractivity contribution in [2.24, 2.45) is 0 Å². The van der Waals surface area contributed by atoms with Crippen LogP contribution in [0.4, 0.5) is 0 Å². The molecule has 6 heteroatoms. The van der Waals surface area contributed by atoms with Gasteiger partial charge in [0, 0.05) is 24.8 Å². The largest absolute Gasteiger partial charge is 0.468 e. The van der Waals surface area contributed by atoms with Crippen molar-refractivity contribution in [2.45, 2.75) is 26.4 Å². The summed E-state index contributed by atoms with van der Waals surface area (Å²) in [6, 6.07) is 21.3. The monoisotopic (exact) mass is 432 g/mol. The molecule has 0 radical (unpaired) electrons. The van der Waals surface area contributed by atoms with Gasteiger partial charge in [-0.2, -0.15) is 0 Å². The van der Waals surface area contributed by atoms with Gasteiger partial charge in [0.1, 0.15) is 17.3 Å². The number of furan rings is 1. The second-order valence-corrected chi connectivity index (χ2v) is 7.47. The number of benzene rings is 2. The van der Waals surface area contributed by atoms with Gasteiger partial charge in [0.15, 0.2) is 0 Å². The second-order valence-electron chi connectivity index (χ2n) is 7.47. The van der Waals surface area contributed by atoms with Crippen LogP contribution in [0.2, 0.25) is 0 Å². The number of fused-ring (bicyclic) bond motifs is 1. The van der Waals surface area contributed by atoms with Gasteiger partial charge in [-0.05, 0) is 67.7 Å². The Labute approximate surface area is 187 Å². The molecule has 2 heterocycles. The van der Waals surface area contributed by atoms with Crippen molar-refractivity contribution in [3.05, 3.63) is 94.7 Å². The molecule has 0 saturated heterocycles. The fraction of sp³-hybridized carbons (Fsp3) is 0.269. The van der Waals surface area contributed by atoms with Gasteiger partial charge in [0.05, 0.1) is 24.9 Å². The quantitative estimate of drug-likeness (QED) is 0.346. The van der Waals surface area contributed by atoms with Crippen LogP contribution in [-0.4, -0.2) is 24.3 Å². The average molecular weight is 433 g/mol. The van der Waals surface area contributed by atoms with E-state index in [0.717, 1.165) is 28.0 Å². The lowest BCUT2D eigenvalue weighted by Crippen LogP contribution is -2.28. The molecule has 0 amide bonds. The number of aromatic nitrogens is 1. The Morgan fingerprint density at radius 3 is 2.66 bits per heavy atom. The molecule has 0 aliphatic heterocycles. The molecule has 0 fully saturated rings. The Morgan fingerprint density at radius 1 is 1.00 bits per heavy atom. The van der Waals surface area contributed by atoms with Gasteiger partial charge in [-0.15, -0.1) is 0 Å². The number of para-hydroxylation sites is 1. The summed E-state index contributed by atoms with van der Waals surface area (Å²) in [4.78, 5) is 13.3. The molecule has 4 rings (SSSR count). The van der Waals surface area contributed by atoms with E-state index in [1.54, 1.807) is 10.8 Å². The van der Waals surface area contributed by atoms with Crippen LogP contribution in [0, 0.1) is 0 Å². The number of ether oxygens (including phenoxy) is 2. The number of nitrogens with zero attached hydrogens (tertiary/aromatic N) is 1. The molecule has 0 atom stereocenters. The fourth-order valence-corrected chi connectivity index (χ4v) is 3.65. The first kappa shape index (κ1) is 21.9. The topological polar surface area (TPSA) is 65.6 Å². The lowest BCUT2D eigenvalue weighted by molar-refractivity contribution is 0.139. The van der Waals surface area contributed by atoms with Crippen molar-refractivity contribution in [1.82, 2.24) is 9.88 Å². The van der Waals surface area contributed by atoms with Crippen LogP contribution in [0.3, 0.4) is 0 Å². The number of nitrogens with one attached hydrogen (secondary N) is 1. The van der Waals surface area contributed by atoms with E-state index in [1.165, 1.54) is 0 Å². The van der Waals surface area contributed by atoms with E-state index < -0.39 is 0 Å². The van der Waals surface area contributed by atoms with Crippen LogP contribution in [-0.2, 0) is 24.2 Å². The zero-order chi connectivity index (χ0) is 22.2. The zero-order valence-corrected chi connectivity index (χ0v) is 18.3. The molecule has 0 unspecified atom stereocenters. The highest BCUT2D eigenvalue weighted by Gasteiger charge is 2.11. The van der Waals surface area contributed by atoms with Crippen LogP contribution in [0.15, 0.2) is 82.2 Å². The molecule has 0 bridgehead atoms. The Balaban J connectivity index is 1.57. The van der Waals surface area contributed by atoms with E-state index in [2.05, 4.69) is 5.32 Å². The first-order chi connectivity index (χ1) is 15.7. The summed E-state index contributed by atoms with van der Waals surface area (Å²) in [5.41, 5.74) is 1.63. The molecule has 0 spiro atoms. The normalized spacial score (nSPS) is 11.2. The summed E-state index contributed by atoms with van der Waals surface area (Å²) in [6.45, 7) is 4.86. The zero-order valence-electron chi connectivity index (χ0n) is 18.3. The highest BCUT2D eigenvalue weighted by molar-refractivity contribution is 5.81. The molecule has 0 saturated carbocycles. The van der Waals surface area contributed by atoms with Crippen LogP contribution in [0.1, 0.15) is 18.2 Å². The van der Waals surface area contributed by atoms with Gasteiger partial charge in [0.25, 0.3) is 5.56 Å². The lowest BCUT2D eigenvalue weighted by atomic mass is 10.1. The third-order valence-corrected chi connectivity index (χ3v) is 5.23. The molecular weight excluding hydrogens is 404 g/mol. The van der Waals surface area contributed by atoms with Crippen molar-refractivity contribution in [3.8, 4) is 11.5 Å². The molecule has 0 aliphatic rings. The van der Waals surface area contributed by atoms with Crippen molar-refractivity contribution in [2.75, 3.05) is 19.8 Å². The predicted octanol–water partition coefficient (Wildman–Crippen LogP) is 4.76. The summed E-state index contributed by atoms with van der Waals surface area (Å²) < 4.78 is 18.7. The molecule has 2 aromatic heterocycles. The van der Waals surface area contributed by atoms with Gasteiger partial charge >= 0.3 is 0 Å². The Hall–Kier alpha value is -3.35. The van der Waals surface area contributed by atoms with Crippen molar-refractivity contribution < 1.29 is 13.9 Å². The maximum absolute atomic E-state index is 13.3. The summed E-state index contributed by atoms with van der Waals surface area (Å²) in [7, 11) is 0. The van der Waals surface area contributed by atoms with E-state index in [1.807, 2.05) is 73.7 Å². The van der Waals surface area contributed by atoms with E-state index in [0.29, 0.717) is 45.0 Å². The van der Waals surface area contributed by atoms with Gasteiger partial charge in [-0.3, -0.25) is 4.79 Å². The summed E-state index contributed by atoms with van der Waals surface area (Å²) in [6.07, 6.45) is 2.29. The van der Waals surface area contributed by atoms with Crippen molar-refractivity contribution >= 4 is 10.9 Å². The molecule has 2 aromatic carbocycles. The Bertz CT molecular complexity index is 1180. The number of rotatable bonds is 11. The molecular formula is C26H28N2O4. The highest BCUT2D eigenvalue weighted by Crippen LogP contribution is 2.25. The summed E-state index contributed by atoms with van der Waals surface area (Å²) in [5.74, 6) is 2.33. The minimum Gasteiger partial charge on any atom is -0.468 e. The second kappa shape index (κ2) is 10.8. The molecule has 4 aromatic rings. The number of hydrogen-bond donors (Lipinski definition) is 1. The molecule has 0 aliphatic carbocycles.